The Kier molecular flexibility index (Phi) is 2.80. The van der Waals surface area contributed by atoms with E-state index in [1.54, 1.807) is 0 Å². The molecule has 2 rings (SSSR count). The highest BCUT2D eigenvalue weighted by molar-refractivity contribution is 5.79. The molecule has 2 aliphatic heterocycles. The van der Waals surface area contributed by atoms with Crippen LogP contribution in [-0.2, 0) is 9.53 Å². The van der Waals surface area contributed by atoms with Gasteiger partial charge in [0.1, 0.15) is 0 Å². The van der Waals surface area contributed by atoms with Gasteiger partial charge in [-0.25, -0.2) is 0 Å². The van der Waals surface area contributed by atoms with E-state index >= 15 is 0 Å². The van der Waals surface area contributed by atoms with E-state index in [0.717, 1.165) is 25.9 Å². The summed E-state index contributed by atoms with van der Waals surface area (Å²) in [6.07, 6.45) is 2.13. The van der Waals surface area contributed by atoms with E-state index in [0.29, 0.717) is 13.2 Å². The molecule has 0 aromatic rings. The number of rotatable bonds is 2. The fourth-order valence-electron chi connectivity index (χ4n) is 1.71. The van der Waals surface area contributed by atoms with Crippen molar-refractivity contribution in [2.45, 2.75) is 18.9 Å². The van der Waals surface area contributed by atoms with Crippen molar-refractivity contribution in [2.24, 2.45) is 5.92 Å². The zero-order chi connectivity index (χ0) is 9.10. The van der Waals surface area contributed by atoms with Crippen molar-refractivity contribution < 1.29 is 9.53 Å². The summed E-state index contributed by atoms with van der Waals surface area (Å²) in [5.41, 5.74) is 0. The van der Waals surface area contributed by atoms with E-state index in [1.807, 2.05) is 0 Å². The number of carbonyl (C=O) groups excluding carboxylic acids is 1. The normalized spacial score (nSPS) is 29.4. The topological polar surface area (TPSA) is 50.4 Å². The molecule has 2 heterocycles. The van der Waals surface area contributed by atoms with Crippen LogP contribution in [0.1, 0.15) is 12.8 Å². The van der Waals surface area contributed by atoms with Gasteiger partial charge in [0.05, 0.1) is 25.2 Å². The maximum absolute atomic E-state index is 11.6. The largest absolute Gasteiger partial charge is 0.377 e. The first kappa shape index (κ1) is 8.97. The van der Waals surface area contributed by atoms with Crippen molar-refractivity contribution in [3.8, 4) is 0 Å². The molecule has 2 saturated heterocycles. The van der Waals surface area contributed by atoms with Gasteiger partial charge >= 0.3 is 0 Å². The fraction of sp³-hybridized carbons (Fsp3) is 0.889. The van der Waals surface area contributed by atoms with E-state index in [1.165, 1.54) is 0 Å². The van der Waals surface area contributed by atoms with Crippen LogP contribution in [0.15, 0.2) is 0 Å². The average molecular weight is 184 g/mol. The summed E-state index contributed by atoms with van der Waals surface area (Å²) in [4.78, 5) is 11.6. The van der Waals surface area contributed by atoms with Crippen molar-refractivity contribution in [2.75, 3.05) is 26.3 Å². The quantitative estimate of drug-likeness (QED) is 0.608. The highest BCUT2D eigenvalue weighted by atomic mass is 16.5. The van der Waals surface area contributed by atoms with Gasteiger partial charge in [-0.2, -0.15) is 0 Å². The maximum Gasteiger partial charge on any atom is 0.224 e. The number of hydrogen-bond acceptors (Lipinski definition) is 3. The predicted octanol–water partition coefficient (Wildman–Crippen LogP) is -0.499. The number of nitrogens with one attached hydrogen (secondary N) is 2. The Hall–Kier alpha value is -0.610. The third-order valence-corrected chi connectivity index (χ3v) is 2.65. The molecule has 0 radical (unpaired) electrons. The van der Waals surface area contributed by atoms with Crippen molar-refractivity contribution in [1.82, 2.24) is 10.6 Å². The second-order valence-electron chi connectivity index (χ2n) is 3.79. The molecule has 1 atom stereocenters. The summed E-state index contributed by atoms with van der Waals surface area (Å²) < 4.78 is 4.99. The van der Waals surface area contributed by atoms with Gasteiger partial charge in [0.2, 0.25) is 5.91 Å². The van der Waals surface area contributed by atoms with Gasteiger partial charge in [0.15, 0.2) is 0 Å². The average Bonchev–Trinajstić information content (AvgIpc) is 2.12. The Morgan fingerprint density at radius 3 is 2.85 bits per heavy atom. The molecule has 0 bridgehead atoms. The zero-order valence-corrected chi connectivity index (χ0v) is 7.71. The molecular weight excluding hydrogens is 168 g/mol. The molecule has 0 aliphatic carbocycles. The van der Waals surface area contributed by atoms with E-state index in [2.05, 4.69) is 10.6 Å². The van der Waals surface area contributed by atoms with Crippen LogP contribution in [0.2, 0.25) is 0 Å². The van der Waals surface area contributed by atoms with Crippen molar-refractivity contribution in [3.05, 3.63) is 0 Å². The molecule has 0 aromatic heterocycles. The summed E-state index contributed by atoms with van der Waals surface area (Å²) in [6, 6.07) is 0.273. The summed E-state index contributed by atoms with van der Waals surface area (Å²) in [6.45, 7) is 3.26. The molecule has 0 aromatic carbocycles. The predicted molar refractivity (Wildman–Crippen MR) is 48.3 cm³/mol. The lowest BCUT2D eigenvalue weighted by molar-refractivity contribution is -0.129. The van der Waals surface area contributed by atoms with Gasteiger partial charge in [-0.1, -0.05) is 0 Å². The van der Waals surface area contributed by atoms with Gasteiger partial charge in [-0.15, -0.1) is 0 Å². The Bertz CT molecular complexity index is 186. The molecule has 2 fully saturated rings. The monoisotopic (exact) mass is 184 g/mol. The molecular formula is C9H16N2O2. The minimum Gasteiger partial charge on any atom is -0.377 e. The molecule has 2 N–H and O–H groups in total. The Balaban J connectivity index is 1.74. The van der Waals surface area contributed by atoms with Gasteiger partial charge in [0.25, 0.3) is 0 Å². The van der Waals surface area contributed by atoms with E-state index in [4.69, 9.17) is 4.74 Å². The maximum atomic E-state index is 11.6. The summed E-state index contributed by atoms with van der Waals surface area (Å²) in [5.74, 6) is 0.370. The number of ether oxygens (including phenoxy) is 1. The molecule has 74 valence electrons. The van der Waals surface area contributed by atoms with Crippen LogP contribution in [0, 0.1) is 5.92 Å². The number of carbonyl (C=O) groups is 1. The molecule has 0 saturated carbocycles. The first-order valence-electron chi connectivity index (χ1n) is 4.95. The number of amides is 1. The SMILES string of the molecule is O=C(NC1COC1)[C@H]1CCCNC1. The highest BCUT2D eigenvalue weighted by Crippen LogP contribution is 2.11. The first-order valence-corrected chi connectivity index (χ1v) is 4.95. The van der Waals surface area contributed by atoms with Crippen LogP contribution in [0.4, 0.5) is 0 Å². The van der Waals surface area contributed by atoms with Gasteiger partial charge in [0, 0.05) is 6.54 Å². The Labute approximate surface area is 78.0 Å². The van der Waals surface area contributed by atoms with Crippen LogP contribution in [-0.4, -0.2) is 38.3 Å². The Morgan fingerprint density at radius 1 is 1.46 bits per heavy atom. The third kappa shape index (κ3) is 2.19. The molecule has 1 amide bonds. The van der Waals surface area contributed by atoms with E-state index in [9.17, 15) is 4.79 Å². The number of piperidine rings is 1. The summed E-state index contributed by atoms with van der Waals surface area (Å²) in [7, 11) is 0. The summed E-state index contributed by atoms with van der Waals surface area (Å²) >= 11 is 0. The van der Waals surface area contributed by atoms with Crippen molar-refractivity contribution >= 4 is 5.91 Å². The van der Waals surface area contributed by atoms with E-state index < -0.39 is 0 Å². The van der Waals surface area contributed by atoms with Gasteiger partial charge < -0.3 is 15.4 Å². The molecule has 0 unspecified atom stereocenters. The van der Waals surface area contributed by atoms with Crippen molar-refractivity contribution in [3.63, 3.8) is 0 Å². The van der Waals surface area contributed by atoms with Gasteiger partial charge in [-0.3, -0.25) is 4.79 Å². The smallest absolute Gasteiger partial charge is 0.224 e. The van der Waals surface area contributed by atoms with Crippen LogP contribution >= 0.6 is 0 Å². The molecule has 0 spiro atoms. The fourth-order valence-corrected chi connectivity index (χ4v) is 1.71. The van der Waals surface area contributed by atoms with Crippen LogP contribution in [0.25, 0.3) is 0 Å². The van der Waals surface area contributed by atoms with Crippen molar-refractivity contribution in [1.29, 1.82) is 0 Å². The lowest BCUT2D eigenvalue weighted by Gasteiger charge is -2.30. The number of hydrogen-bond donors (Lipinski definition) is 2. The van der Waals surface area contributed by atoms with Crippen LogP contribution in [0.5, 0.6) is 0 Å². The minimum atomic E-state index is 0.175. The second kappa shape index (κ2) is 4.07. The highest BCUT2D eigenvalue weighted by Gasteiger charge is 2.26. The molecule has 4 heteroatoms. The lowest BCUT2D eigenvalue weighted by atomic mass is 9.98. The summed E-state index contributed by atoms with van der Waals surface area (Å²) in [5, 5.41) is 6.22. The van der Waals surface area contributed by atoms with E-state index in [-0.39, 0.29) is 17.9 Å². The first-order chi connectivity index (χ1) is 6.36. The minimum absolute atomic E-state index is 0.175. The third-order valence-electron chi connectivity index (χ3n) is 2.65. The molecule has 4 nitrogen and oxygen atoms in total. The molecule has 13 heavy (non-hydrogen) atoms. The lowest BCUT2D eigenvalue weighted by Crippen LogP contribution is -2.52. The van der Waals surface area contributed by atoms with Crippen LogP contribution < -0.4 is 10.6 Å². The molecule has 2 aliphatic rings. The standard InChI is InChI=1S/C9H16N2O2/c12-9(11-8-5-13-6-8)7-2-1-3-10-4-7/h7-8,10H,1-6H2,(H,11,12)/t7-/m0/s1. The zero-order valence-electron chi connectivity index (χ0n) is 7.71. The van der Waals surface area contributed by atoms with Crippen LogP contribution in [0.3, 0.4) is 0 Å². The second-order valence-corrected chi connectivity index (χ2v) is 3.79. The Morgan fingerprint density at radius 2 is 2.31 bits per heavy atom. The van der Waals surface area contributed by atoms with Gasteiger partial charge in [-0.05, 0) is 19.4 Å².